The van der Waals surface area contributed by atoms with Gasteiger partial charge in [0.05, 0.1) is 0 Å². The summed E-state index contributed by atoms with van der Waals surface area (Å²) in [5.41, 5.74) is 7.25. The van der Waals surface area contributed by atoms with Gasteiger partial charge in [-0.05, 0) is 40.5 Å². The average molecular weight is 328 g/mol. The molecular weight excluding hydrogens is 314 g/mol. The van der Waals surface area contributed by atoms with Crippen LogP contribution in [0.4, 0.5) is 5.69 Å². The van der Waals surface area contributed by atoms with Crippen LogP contribution in [0.15, 0.2) is 22.7 Å². The van der Waals surface area contributed by atoms with Crippen molar-refractivity contribution in [3.63, 3.8) is 0 Å². The van der Waals surface area contributed by atoms with Crippen molar-refractivity contribution >= 4 is 44.7 Å². The Labute approximate surface area is 120 Å². The van der Waals surface area contributed by atoms with Crippen molar-refractivity contribution in [1.29, 1.82) is 0 Å². The molecule has 2 rings (SSSR count). The van der Waals surface area contributed by atoms with Crippen LogP contribution in [0.3, 0.4) is 0 Å². The van der Waals surface area contributed by atoms with Crippen LogP contribution in [0.5, 0.6) is 0 Å². The number of carbonyl (C=O) groups excluding carboxylic acids is 1. The summed E-state index contributed by atoms with van der Waals surface area (Å²) in [7, 11) is 1.81. The molecule has 3 N–H and O–H groups in total. The molecule has 1 fully saturated rings. The molecule has 1 aromatic carbocycles. The van der Waals surface area contributed by atoms with E-state index in [1.165, 1.54) is 0 Å². The van der Waals surface area contributed by atoms with E-state index in [-0.39, 0.29) is 11.9 Å². The minimum absolute atomic E-state index is 0.125. The molecule has 1 aromatic rings. The first kappa shape index (κ1) is 13.3. The molecular formula is C12H14BrN3OS. The van der Waals surface area contributed by atoms with E-state index >= 15 is 0 Å². The van der Waals surface area contributed by atoms with E-state index in [0.717, 1.165) is 28.7 Å². The Morgan fingerprint density at radius 3 is 2.83 bits per heavy atom. The second-order valence-corrected chi connectivity index (χ2v) is 5.60. The normalized spacial score (nSPS) is 19.1. The van der Waals surface area contributed by atoms with Crippen LogP contribution >= 0.6 is 28.1 Å². The van der Waals surface area contributed by atoms with Gasteiger partial charge in [-0.2, -0.15) is 0 Å². The predicted molar refractivity (Wildman–Crippen MR) is 79.7 cm³/mol. The number of thiocarbonyl (C=S) groups is 1. The minimum Gasteiger partial charge on any atom is -0.389 e. The van der Waals surface area contributed by atoms with Gasteiger partial charge in [0.15, 0.2) is 0 Å². The van der Waals surface area contributed by atoms with Gasteiger partial charge in [-0.3, -0.25) is 4.79 Å². The number of nitrogens with one attached hydrogen (secondary N) is 1. The van der Waals surface area contributed by atoms with Crippen LogP contribution in [-0.2, 0) is 4.79 Å². The molecule has 0 spiro atoms. The van der Waals surface area contributed by atoms with Crippen molar-refractivity contribution in [3.05, 3.63) is 28.2 Å². The molecule has 0 aliphatic carbocycles. The molecule has 1 heterocycles. The van der Waals surface area contributed by atoms with E-state index in [1.54, 1.807) is 4.90 Å². The third kappa shape index (κ3) is 2.64. The Balaban J connectivity index is 2.15. The topological polar surface area (TPSA) is 58.4 Å². The number of anilines is 1. The highest BCUT2D eigenvalue weighted by atomic mass is 79.9. The van der Waals surface area contributed by atoms with E-state index in [4.69, 9.17) is 18.0 Å². The number of hydrogen-bond acceptors (Lipinski definition) is 3. The van der Waals surface area contributed by atoms with E-state index < -0.39 is 0 Å². The second kappa shape index (κ2) is 5.24. The van der Waals surface area contributed by atoms with Crippen molar-refractivity contribution < 1.29 is 4.79 Å². The Morgan fingerprint density at radius 2 is 2.33 bits per heavy atom. The SMILES string of the molecule is CN1CCC(Nc2ccc(C(N)=S)cc2Br)C1=O. The van der Waals surface area contributed by atoms with Crippen LogP contribution in [0.2, 0.25) is 0 Å². The fraction of sp³-hybridized carbons (Fsp3) is 0.333. The maximum Gasteiger partial charge on any atom is 0.244 e. The monoisotopic (exact) mass is 327 g/mol. The lowest BCUT2D eigenvalue weighted by molar-refractivity contribution is -0.127. The fourth-order valence-electron chi connectivity index (χ4n) is 1.93. The quantitative estimate of drug-likeness (QED) is 0.830. The van der Waals surface area contributed by atoms with E-state index in [1.807, 2.05) is 25.2 Å². The van der Waals surface area contributed by atoms with Crippen molar-refractivity contribution in [1.82, 2.24) is 4.90 Å². The zero-order valence-electron chi connectivity index (χ0n) is 9.94. The summed E-state index contributed by atoms with van der Waals surface area (Å²) in [5, 5.41) is 3.23. The molecule has 18 heavy (non-hydrogen) atoms. The Kier molecular flexibility index (Phi) is 3.87. The van der Waals surface area contributed by atoms with Gasteiger partial charge in [-0.25, -0.2) is 0 Å². The number of hydrogen-bond donors (Lipinski definition) is 2. The number of likely N-dealkylation sites (N-methyl/N-ethyl adjacent to an activating group) is 1. The van der Waals surface area contributed by atoms with Gasteiger partial charge in [0.25, 0.3) is 0 Å². The number of likely N-dealkylation sites (tertiary alicyclic amines) is 1. The van der Waals surface area contributed by atoms with Crippen molar-refractivity contribution in [3.8, 4) is 0 Å². The Hall–Kier alpha value is -1.14. The summed E-state index contributed by atoms with van der Waals surface area (Å²) in [6, 6.07) is 5.43. The maximum atomic E-state index is 11.8. The van der Waals surface area contributed by atoms with Crippen molar-refractivity contribution in [2.45, 2.75) is 12.5 Å². The number of halogens is 1. The van der Waals surface area contributed by atoms with Crippen LogP contribution in [0.25, 0.3) is 0 Å². The van der Waals surface area contributed by atoms with Gasteiger partial charge in [0, 0.05) is 29.3 Å². The van der Waals surface area contributed by atoms with Crippen LogP contribution in [0, 0.1) is 0 Å². The van der Waals surface area contributed by atoms with Gasteiger partial charge < -0.3 is 16.0 Å². The first-order valence-electron chi connectivity index (χ1n) is 5.60. The summed E-state index contributed by atoms with van der Waals surface area (Å²) in [5.74, 6) is 0.125. The van der Waals surface area contributed by atoms with Crippen LogP contribution < -0.4 is 11.1 Å². The van der Waals surface area contributed by atoms with Gasteiger partial charge >= 0.3 is 0 Å². The van der Waals surface area contributed by atoms with Gasteiger partial charge in [-0.15, -0.1) is 0 Å². The molecule has 6 heteroatoms. The zero-order valence-corrected chi connectivity index (χ0v) is 12.3. The lowest BCUT2D eigenvalue weighted by atomic mass is 10.2. The number of amides is 1. The van der Waals surface area contributed by atoms with E-state index in [9.17, 15) is 4.79 Å². The minimum atomic E-state index is -0.151. The third-order valence-electron chi connectivity index (χ3n) is 3.01. The predicted octanol–water partition coefficient (Wildman–Crippen LogP) is 1.73. The molecule has 1 amide bonds. The third-order valence-corrected chi connectivity index (χ3v) is 3.90. The highest BCUT2D eigenvalue weighted by Gasteiger charge is 2.29. The number of benzene rings is 1. The van der Waals surface area contributed by atoms with Gasteiger partial charge in [-0.1, -0.05) is 12.2 Å². The van der Waals surface area contributed by atoms with Crippen LogP contribution in [-0.4, -0.2) is 35.4 Å². The molecule has 96 valence electrons. The lowest BCUT2D eigenvalue weighted by Crippen LogP contribution is -2.31. The lowest BCUT2D eigenvalue weighted by Gasteiger charge is -2.15. The molecule has 1 aliphatic heterocycles. The maximum absolute atomic E-state index is 11.8. The largest absolute Gasteiger partial charge is 0.389 e. The van der Waals surface area contributed by atoms with Crippen molar-refractivity contribution in [2.75, 3.05) is 18.9 Å². The molecule has 4 nitrogen and oxygen atoms in total. The summed E-state index contributed by atoms with van der Waals surface area (Å²) < 4.78 is 0.857. The smallest absolute Gasteiger partial charge is 0.244 e. The van der Waals surface area contributed by atoms with Gasteiger partial charge in [0.1, 0.15) is 11.0 Å². The number of carbonyl (C=O) groups is 1. The second-order valence-electron chi connectivity index (χ2n) is 4.30. The molecule has 1 unspecified atom stereocenters. The van der Waals surface area contributed by atoms with E-state index in [2.05, 4.69) is 21.2 Å². The molecule has 0 saturated carbocycles. The molecule has 0 aromatic heterocycles. The molecule has 0 bridgehead atoms. The number of nitrogens with zero attached hydrogens (tertiary/aromatic N) is 1. The standard InChI is InChI=1S/C12H14BrN3OS/c1-16-5-4-10(12(16)17)15-9-3-2-7(11(14)18)6-8(9)13/h2-3,6,10,15H,4-5H2,1H3,(H2,14,18). The average Bonchev–Trinajstić information content (AvgIpc) is 2.63. The van der Waals surface area contributed by atoms with E-state index in [0.29, 0.717) is 4.99 Å². The van der Waals surface area contributed by atoms with Crippen LogP contribution in [0.1, 0.15) is 12.0 Å². The zero-order chi connectivity index (χ0) is 13.3. The summed E-state index contributed by atoms with van der Waals surface area (Å²) in [6.07, 6.45) is 0.818. The molecule has 1 atom stereocenters. The summed E-state index contributed by atoms with van der Waals surface area (Å²) >= 11 is 8.37. The summed E-state index contributed by atoms with van der Waals surface area (Å²) in [4.78, 5) is 13.9. The summed E-state index contributed by atoms with van der Waals surface area (Å²) in [6.45, 7) is 0.791. The molecule has 0 radical (unpaired) electrons. The molecule has 1 aliphatic rings. The van der Waals surface area contributed by atoms with Crippen molar-refractivity contribution in [2.24, 2.45) is 5.73 Å². The first-order chi connectivity index (χ1) is 8.49. The molecule has 1 saturated heterocycles. The highest BCUT2D eigenvalue weighted by molar-refractivity contribution is 9.10. The first-order valence-corrected chi connectivity index (χ1v) is 6.80. The Morgan fingerprint density at radius 1 is 1.61 bits per heavy atom. The fourth-order valence-corrected chi connectivity index (χ4v) is 2.55. The highest BCUT2D eigenvalue weighted by Crippen LogP contribution is 2.26. The van der Waals surface area contributed by atoms with Gasteiger partial charge in [0.2, 0.25) is 5.91 Å². The number of rotatable bonds is 3. The Bertz CT molecular complexity index is 506. The number of nitrogens with two attached hydrogens (primary N) is 1.